The molecule has 0 amide bonds. The molecular weight excluding hydrogens is 290 g/mol. The molecule has 21 heavy (non-hydrogen) atoms. The third kappa shape index (κ3) is 3.30. The molecule has 0 radical (unpaired) electrons. The molecule has 0 bridgehead atoms. The summed E-state index contributed by atoms with van der Waals surface area (Å²) < 4.78 is 5.10. The van der Waals surface area contributed by atoms with Crippen molar-refractivity contribution < 1.29 is 14.6 Å². The third-order valence-corrected chi connectivity index (χ3v) is 3.53. The first kappa shape index (κ1) is 15.2. The number of phenolic OH excluding ortho intramolecular Hbond substituents is 1. The van der Waals surface area contributed by atoms with Gasteiger partial charge in [-0.1, -0.05) is 12.1 Å². The number of benzene rings is 1. The average molecular weight is 307 g/mol. The molecule has 4 N–H and O–H groups in total. The van der Waals surface area contributed by atoms with Crippen molar-refractivity contribution in [2.45, 2.75) is 19.0 Å². The molecule has 1 saturated heterocycles. The number of nitrogens with one attached hydrogen (secondary N) is 3. The van der Waals surface area contributed by atoms with Crippen LogP contribution < -0.4 is 10.6 Å². The maximum Gasteiger partial charge on any atom is 0.313 e. The molecule has 1 aliphatic heterocycles. The van der Waals surface area contributed by atoms with E-state index < -0.39 is 24.0 Å². The van der Waals surface area contributed by atoms with Crippen molar-refractivity contribution in [2.75, 3.05) is 6.61 Å². The lowest BCUT2D eigenvalue weighted by Gasteiger charge is -2.37. The molecule has 0 aliphatic carbocycles. The van der Waals surface area contributed by atoms with Crippen LogP contribution in [0.25, 0.3) is 0 Å². The fourth-order valence-corrected chi connectivity index (χ4v) is 2.66. The Hall–Kier alpha value is -2.15. The molecule has 0 spiro atoms. The van der Waals surface area contributed by atoms with Gasteiger partial charge in [0.2, 0.25) is 0 Å². The van der Waals surface area contributed by atoms with Gasteiger partial charge in [-0.3, -0.25) is 4.79 Å². The second-order valence-electron chi connectivity index (χ2n) is 4.66. The van der Waals surface area contributed by atoms with Gasteiger partial charge >= 0.3 is 5.97 Å². The molecule has 7 heteroatoms. The van der Waals surface area contributed by atoms with E-state index in [4.69, 9.17) is 22.4 Å². The van der Waals surface area contributed by atoms with Crippen LogP contribution in [0.3, 0.4) is 0 Å². The van der Waals surface area contributed by atoms with E-state index in [0.29, 0.717) is 10.7 Å². The zero-order valence-electron chi connectivity index (χ0n) is 11.5. The first-order valence-corrected chi connectivity index (χ1v) is 7.00. The highest BCUT2D eigenvalue weighted by atomic mass is 32.1. The molecule has 3 unspecified atom stereocenters. The van der Waals surface area contributed by atoms with Gasteiger partial charge in [-0.2, -0.15) is 0 Å². The first-order chi connectivity index (χ1) is 10.1. The third-order valence-electron chi connectivity index (χ3n) is 3.30. The molecule has 0 saturated carbocycles. The molecule has 6 nitrogen and oxygen atoms in total. The van der Waals surface area contributed by atoms with Gasteiger partial charge in [0.25, 0.3) is 0 Å². The molecule has 1 fully saturated rings. The van der Waals surface area contributed by atoms with Crippen LogP contribution in [0.2, 0.25) is 0 Å². The monoisotopic (exact) mass is 307 g/mol. The maximum atomic E-state index is 12.2. The summed E-state index contributed by atoms with van der Waals surface area (Å²) in [6.07, 6.45) is 1.14. The number of esters is 1. The van der Waals surface area contributed by atoms with Crippen LogP contribution in [-0.2, 0) is 9.53 Å². The Kier molecular flexibility index (Phi) is 4.74. The Labute approximate surface area is 128 Å². The van der Waals surface area contributed by atoms with Gasteiger partial charge in [0.05, 0.1) is 18.7 Å². The van der Waals surface area contributed by atoms with Gasteiger partial charge in [-0.15, -0.1) is 0 Å². The number of aromatic hydroxyl groups is 1. The van der Waals surface area contributed by atoms with Crippen molar-refractivity contribution in [1.29, 1.82) is 5.41 Å². The molecule has 0 aromatic heterocycles. The fourth-order valence-electron chi connectivity index (χ4n) is 2.40. The van der Waals surface area contributed by atoms with Gasteiger partial charge < -0.3 is 25.9 Å². The van der Waals surface area contributed by atoms with Crippen LogP contribution >= 0.6 is 12.2 Å². The number of carbonyl (C=O) groups is 1. The van der Waals surface area contributed by atoms with E-state index in [9.17, 15) is 9.90 Å². The highest BCUT2D eigenvalue weighted by molar-refractivity contribution is 7.80. The van der Waals surface area contributed by atoms with Gasteiger partial charge in [0.1, 0.15) is 11.7 Å². The Morgan fingerprint density at radius 3 is 2.90 bits per heavy atom. The minimum Gasteiger partial charge on any atom is -0.508 e. The van der Waals surface area contributed by atoms with Crippen molar-refractivity contribution in [2.24, 2.45) is 5.92 Å². The molecule has 1 heterocycles. The lowest BCUT2D eigenvalue weighted by atomic mass is 9.85. The Morgan fingerprint density at radius 1 is 1.52 bits per heavy atom. The first-order valence-electron chi connectivity index (χ1n) is 6.60. The minimum atomic E-state index is -0.643. The fraction of sp³-hybridized carbons (Fsp3) is 0.357. The van der Waals surface area contributed by atoms with Crippen molar-refractivity contribution >= 4 is 29.5 Å². The van der Waals surface area contributed by atoms with E-state index in [1.54, 1.807) is 31.2 Å². The second kappa shape index (κ2) is 6.53. The smallest absolute Gasteiger partial charge is 0.313 e. The Balaban J connectivity index is 2.39. The van der Waals surface area contributed by atoms with Crippen LogP contribution in [0.15, 0.2) is 24.3 Å². The average Bonchev–Trinajstić information content (AvgIpc) is 2.46. The van der Waals surface area contributed by atoms with Crippen molar-refractivity contribution in [1.82, 2.24) is 10.6 Å². The highest BCUT2D eigenvalue weighted by Gasteiger charge is 2.41. The molecule has 2 rings (SSSR count). The summed E-state index contributed by atoms with van der Waals surface area (Å²) in [5.74, 6) is -0.953. The summed E-state index contributed by atoms with van der Waals surface area (Å²) in [6.45, 7) is 1.99. The van der Waals surface area contributed by atoms with Gasteiger partial charge in [-0.25, -0.2) is 0 Å². The van der Waals surface area contributed by atoms with Crippen LogP contribution in [0, 0.1) is 11.3 Å². The standard InChI is InChI=1S/C14H17N3O3S/c1-2-20-13(19)11-10(7-15)16-14(21)17-12(11)8-4-3-5-9(18)6-8/h3-7,10-12,15,18H,2H2,1H3,(H2,16,17,21). The van der Waals surface area contributed by atoms with E-state index in [2.05, 4.69) is 10.6 Å². The number of rotatable bonds is 4. The molecule has 1 aromatic carbocycles. The predicted molar refractivity (Wildman–Crippen MR) is 82.4 cm³/mol. The largest absolute Gasteiger partial charge is 0.508 e. The summed E-state index contributed by atoms with van der Waals surface area (Å²) in [5, 5.41) is 23.4. The normalized spacial score (nSPS) is 24.6. The van der Waals surface area contributed by atoms with Crippen molar-refractivity contribution in [3.8, 4) is 5.75 Å². The maximum absolute atomic E-state index is 12.2. The van der Waals surface area contributed by atoms with E-state index >= 15 is 0 Å². The number of ether oxygens (including phenoxy) is 1. The quantitative estimate of drug-likeness (QED) is 0.378. The van der Waals surface area contributed by atoms with Crippen LogP contribution in [0.1, 0.15) is 18.5 Å². The van der Waals surface area contributed by atoms with E-state index in [0.717, 1.165) is 6.21 Å². The highest BCUT2D eigenvalue weighted by Crippen LogP contribution is 2.30. The zero-order chi connectivity index (χ0) is 15.4. The van der Waals surface area contributed by atoms with Crippen molar-refractivity contribution in [3.63, 3.8) is 0 Å². The summed E-state index contributed by atoms with van der Waals surface area (Å²) in [6, 6.07) is 5.59. The number of thiocarbonyl (C=S) groups is 1. The molecule has 1 aliphatic rings. The lowest BCUT2D eigenvalue weighted by molar-refractivity contribution is -0.149. The topological polar surface area (TPSA) is 94.4 Å². The van der Waals surface area contributed by atoms with Crippen LogP contribution in [0.4, 0.5) is 0 Å². The van der Waals surface area contributed by atoms with E-state index in [1.807, 2.05) is 0 Å². The zero-order valence-corrected chi connectivity index (χ0v) is 12.3. The number of hydrogen-bond donors (Lipinski definition) is 4. The SMILES string of the molecule is CCOC(=O)C1C(C=N)NC(=S)NC1c1cccc(O)c1. The van der Waals surface area contributed by atoms with Gasteiger partial charge in [0.15, 0.2) is 5.11 Å². The Morgan fingerprint density at radius 2 is 2.29 bits per heavy atom. The van der Waals surface area contributed by atoms with E-state index in [-0.39, 0.29) is 12.4 Å². The molecule has 3 atom stereocenters. The Bertz CT molecular complexity index is 564. The molecular formula is C14H17N3O3S. The van der Waals surface area contributed by atoms with Crippen LogP contribution in [-0.4, -0.2) is 35.1 Å². The van der Waals surface area contributed by atoms with Crippen LogP contribution in [0.5, 0.6) is 5.75 Å². The summed E-state index contributed by atoms with van der Waals surface area (Å²) in [7, 11) is 0. The number of carbonyl (C=O) groups excluding carboxylic acids is 1. The van der Waals surface area contributed by atoms with E-state index in [1.165, 1.54) is 0 Å². The second-order valence-corrected chi connectivity index (χ2v) is 5.07. The van der Waals surface area contributed by atoms with Gasteiger partial charge in [-0.05, 0) is 36.8 Å². The van der Waals surface area contributed by atoms with Gasteiger partial charge in [0, 0.05) is 6.21 Å². The molecule has 1 aromatic rings. The minimum absolute atomic E-state index is 0.104. The summed E-state index contributed by atoms with van der Waals surface area (Å²) >= 11 is 5.12. The predicted octanol–water partition coefficient (Wildman–Crippen LogP) is 1.11. The lowest BCUT2D eigenvalue weighted by Crippen LogP contribution is -2.59. The summed E-state index contributed by atoms with van der Waals surface area (Å²) in [5.41, 5.74) is 0.712. The summed E-state index contributed by atoms with van der Waals surface area (Å²) in [4.78, 5) is 12.2. The number of phenols is 1. The van der Waals surface area contributed by atoms with Crippen molar-refractivity contribution in [3.05, 3.63) is 29.8 Å². The molecule has 112 valence electrons. The number of hydrogen-bond acceptors (Lipinski definition) is 5.